The molecule has 0 bridgehead atoms. The Balaban J connectivity index is 1.88. The third kappa shape index (κ3) is 2.70. The molecule has 0 aliphatic carbocycles. The first-order chi connectivity index (χ1) is 9.24. The first-order valence-electron chi connectivity index (χ1n) is 6.85. The Morgan fingerprint density at radius 1 is 1.11 bits per heavy atom. The minimum absolute atomic E-state index is 0.331. The van der Waals surface area contributed by atoms with Crippen LogP contribution in [0.3, 0.4) is 0 Å². The monoisotopic (exact) mass is 280 g/mol. The summed E-state index contributed by atoms with van der Waals surface area (Å²) in [7, 11) is 0. The van der Waals surface area contributed by atoms with Gasteiger partial charge in [-0.15, -0.1) is 0 Å². The summed E-state index contributed by atoms with van der Waals surface area (Å²) in [6.45, 7) is 5.24. The topological polar surface area (TPSA) is 71.2 Å². The zero-order valence-electron chi connectivity index (χ0n) is 11.2. The molecule has 1 unspecified atom stereocenters. The highest BCUT2D eigenvalue weighted by atomic mass is 32.2. The Morgan fingerprint density at radius 3 is 2.58 bits per heavy atom. The molecule has 0 saturated carbocycles. The van der Waals surface area contributed by atoms with Gasteiger partial charge in [0, 0.05) is 37.2 Å². The van der Waals surface area contributed by atoms with Gasteiger partial charge in [0.05, 0.1) is 0 Å². The predicted octanol–water partition coefficient (Wildman–Crippen LogP) is 0.996. The molecular formula is C12H20N6S. The number of nitrogens with two attached hydrogens (primary N) is 1. The standard InChI is InChI=1S/C12H20N6S/c1-9-8-19-7-6-18(9)12-15-10(13)14-11(16-12)17-4-2-3-5-17/h9H,2-8H2,1H3,(H2,13,14,15,16). The first kappa shape index (κ1) is 12.8. The molecular weight excluding hydrogens is 260 g/mol. The van der Waals surface area contributed by atoms with Crippen LogP contribution >= 0.6 is 11.8 Å². The second kappa shape index (κ2) is 5.40. The number of nitrogens with zero attached hydrogens (tertiary/aromatic N) is 5. The third-order valence-electron chi connectivity index (χ3n) is 3.64. The number of aromatic nitrogens is 3. The summed E-state index contributed by atoms with van der Waals surface area (Å²) in [5.41, 5.74) is 5.86. The smallest absolute Gasteiger partial charge is 0.232 e. The SMILES string of the molecule is CC1CSCCN1c1nc(N)nc(N2CCCC2)n1. The Labute approximate surface area is 117 Å². The number of nitrogen functional groups attached to an aromatic ring is 1. The van der Waals surface area contributed by atoms with Crippen LogP contribution in [0.2, 0.25) is 0 Å². The van der Waals surface area contributed by atoms with E-state index in [9.17, 15) is 0 Å². The van der Waals surface area contributed by atoms with Gasteiger partial charge in [-0.2, -0.15) is 26.7 Å². The molecule has 19 heavy (non-hydrogen) atoms. The van der Waals surface area contributed by atoms with Crippen LogP contribution in [-0.4, -0.2) is 52.1 Å². The summed E-state index contributed by atoms with van der Waals surface area (Å²) in [4.78, 5) is 17.7. The predicted molar refractivity (Wildman–Crippen MR) is 79.8 cm³/mol. The number of hydrogen-bond acceptors (Lipinski definition) is 7. The summed E-state index contributed by atoms with van der Waals surface area (Å²) >= 11 is 1.98. The lowest BCUT2D eigenvalue weighted by atomic mass is 10.3. The Morgan fingerprint density at radius 2 is 1.84 bits per heavy atom. The molecule has 0 amide bonds. The molecule has 6 nitrogen and oxygen atoms in total. The van der Waals surface area contributed by atoms with E-state index in [-0.39, 0.29) is 0 Å². The van der Waals surface area contributed by atoms with Crippen molar-refractivity contribution >= 4 is 29.6 Å². The average molecular weight is 280 g/mol. The maximum atomic E-state index is 5.86. The van der Waals surface area contributed by atoms with E-state index in [0.717, 1.165) is 43.0 Å². The molecule has 2 aliphatic rings. The van der Waals surface area contributed by atoms with E-state index in [4.69, 9.17) is 5.73 Å². The first-order valence-corrected chi connectivity index (χ1v) is 8.00. The van der Waals surface area contributed by atoms with Gasteiger partial charge in [-0.25, -0.2) is 0 Å². The lowest BCUT2D eigenvalue weighted by Gasteiger charge is -2.33. The molecule has 7 heteroatoms. The summed E-state index contributed by atoms with van der Waals surface area (Å²) in [5, 5.41) is 0. The summed E-state index contributed by atoms with van der Waals surface area (Å²) in [6.07, 6.45) is 2.41. The van der Waals surface area contributed by atoms with Crippen LogP contribution in [0.1, 0.15) is 19.8 Å². The van der Waals surface area contributed by atoms with Gasteiger partial charge in [0.15, 0.2) is 0 Å². The van der Waals surface area contributed by atoms with E-state index in [0.29, 0.717) is 12.0 Å². The molecule has 0 aromatic carbocycles. The highest BCUT2D eigenvalue weighted by Gasteiger charge is 2.24. The second-order valence-corrected chi connectivity index (χ2v) is 6.25. The van der Waals surface area contributed by atoms with Gasteiger partial charge in [-0.3, -0.25) is 0 Å². The van der Waals surface area contributed by atoms with E-state index in [1.807, 2.05) is 11.8 Å². The van der Waals surface area contributed by atoms with Crippen LogP contribution in [0.4, 0.5) is 17.8 Å². The second-order valence-electron chi connectivity index (χ2n) is 5.11. The van der Waals surface area contributed by atoms with E-state index in [1.165, 1.54) is 12.8 Å². The quantitative estimate of drug-likeness (QED) is 0.866. The minimum Gasteiger partial charge on any atom is -0.368 e. The Hall–Kier alpha value is -1.24. The highest BCUT2D eigenvalue weighted by molar-refractivity contribution is 7.99. The number of thioether (sulfide) groups is 1. The molecule has 1 aromatic heterocycles. The van der Waals surface area contributed by atoms with Crippen molar-refractivity contribution < 1.29 is 0 Å². The van der Waals surface area contributed by atoms with Crippen LogP contribution in [0.15, 0.2) is 0 Å². The molecule has 2 fully saturated rings. The van der Waals surface area contributed by atoms with Crippen LogP contribution in [0.5, 0.6) is 0 Å². The van der Waals surface area contributed by atoms with Crippen molar-refractivity contribution in [2.24, 2.45) is 0 Å². The van der Waals surface area contributed by atoms with Gasteiger partial charge in [0.2, 0.25) is 17.8 Å². The lowest BCUT2D eigenvalue weighted by Crippen LogP contribution is -2.41. The fourth-order valence-electron chi connectivity index (χ4n) is 2.58. The van der Waals surface area contributed by atoms with Crippen LogP contribution < -0.4 is 15.5 Å². The molecule has 2 saturated heterocycles. The maximum Gasteiger partial charge on any atom is 0.232 e. The van der Waals surface area contributed by atoms with Gasteiger partial charge < -0.3 is 15.5 Å². The largest absolute Gasteiger partial charge is 0.368 e. The number of anilines is 3. The fraction of sp³-hybridized carbons (Fsp3) is 0.750. The average Bonchev–Trinajstić information content (AvgIpc) is 2.92. The van der Waals surface area contributed by atoms with E-state index < -0.39 is 0 Å². The van der Waals surface area contributed by atoms with Crippen molar-refractivity contribution in [2.45, 2.75) is 25.8 Å². The van der Waals surface area contributed by atoms with Gasteiger partial charge >= 0.3 is 0 Å². The molecule has 1 aromatic rings. The van der Waals surface area contributed by atoms with Gasteiger partial charge in [-0.05, 0) is 19.8 Å². The van der Waals surface area contributed by atoms with Gasteiger partial charge in [0.25, 0.3) is 0 Å². The van der Waals surface area contributed by atoms with Crippen molar-refractivity contribution in [3.63, 3.8) is 0 Å². The van der Waals surface area contributed by atoms with Crippen molar-refractivity contribution in [1.29, 1.82) is 0 Å². The maximum absolute atomic E-state index is 5.86. The molecule has 0 spiro atoms. The Bertz CT molecular complexity index is 448. The molecule has 3 heterocycles. The highest BCUT2D eigenvalue weighted by Crippen LogP contribution is 2.24. The molecule has 1 atom stereocenters. The van der Waals surface area contributed by atoms with Crippen molar-refractivity contribution in [1.82, 2.24) is 15.0 Å². The van der Waals surface area contributed by atoms with E-state index in [2.05, 4.69) is 31.7 Å². The Kier molecular flexibility index (Phi) is 3.63. The third-order valence-corrected chi connectivity index (χ3v) is 4.83. The molecule has 0 radical (unpaired) electrons. The number of rotatable bonds is 2. The molecule has 3 rings (SSSR count). The van der Waals surface area contributed by atoms with Crippen molar-refractivity contribution in [3.05, 3.63) is 0 Å². The normalized spacial score (nSPS) is 23.9. The minimum atomic E-state index is 0.331. The fourth-order valence-corrected chi connectivity index (χ4v) is 3.59. The van der Waals surface area contributed by atoms with Gasteiger partial charge in [-0.1, -0.05) is 0 Å². The van der Waals surface area contributed by atoms with Crippen LogP contribution in [0, 0.1) is 0 Å². The lowest BCUT2D eigenvalue weighted by molar-refractivity contribution is 0.674. The van der Waals surface area contributed by atoms with E-state index >= 15 is 0 Å². The molecule has 104 valence electrons. The van der Waals surface area contributed by atoms with Crippen LogP contribution in [-0.2, 0) is 0 Å². The number of hydrogen-bond donors (Lipinski definition) is 1. The zero-order chi connectivity index (χ0) is 13.2. The summed E-state index contributed by atoms with van der Waals surface area (Å²) in [5.74, 6) is 4.05. The van der Waals surface area contributed by atoms with E-state index in [1.54, 1.807) is 0 Å². The van der Waals surface area contributed by atoms with Gasteiger partial charge in [0.1, 0.15) is 0 Å². The summed E-state index contributed by atoms with van der Waals surface area (Å²) < 4.78 is 0. The molecule has 2 N–H and O–H groups in total. The molecule has 2 aliphatic heterocycles. The summed E-state index contributed by atoms with van der Waals surface area (Å²) in [6, 6.07) is 0.451. The van der Waals surface area contributed by atoms with Crippen molar-refractivity contribution in [2.75, 3.05) is 46.7 Å². The van der Waals surface area contributed by atoms with Crippen molar-refractivity contribution in [3.8, 4) is 0 Å². The zero-order valence-corrected chi connectivity index (χ0v) is 12.1. The van der Waals surface area contributed by atoms with Crippen LogP contribution in [0.25, 0.3) is 0 Å².